The van der Waals surface area contributed by atoms with E-state index in [4.69, 9.17) is 4.74 Å². The summed E-state index contributed by atoms with van der Waals surface area (Å²) in [6.07, 6.45) is 3.09. The summed E-state index contributed by atoms with van der Waals surface area (Å²) in [5.41, 5.74) is 0.434. The first-order chi connectivity index (χ1) is 14.9. The van der Waals surface area contributed by atoms with Crippen LogP contribution in [0.25, 0.3) is 0 Å². The lowest BCUT2D eigenvalue weighted by atomic mass is 9.81. The van der Waals surface area contributed by atoms with Crippen LogP contribution in [0.2, 0.25) is 0 Å². The number of ketones is 1. The number of nitrogens with zero attached hydrogens (tertiary/aromatic N) is 2. The van der Waals surface area contributed by atoms with E-state index in [1.165, 1.54) is 24.0 Å². The van der Waals surface area contributed by atoms with Crippen molar-refractivity contribution in [2.75, 3.05) is 7.05 Å². The molecular formula is C25H26N2O4. The number of carbonyl (C=O) groups is 3. The number of likely N-dealkylation sites (N-methyl/N-ethyl adjacent to an activating group) is 1. The van der Waals surface area contributed by atoms with Gasteiger partial charge in [0.2, 0.25) is 0 Å². The molecule has 1 amide bonds. The Hall–Kier alpha value is -3.46. The molecule has 0 aromatic heterocycles. The second kappa shape index (κ2) is 9.57. The van der Waals surface area contributed by atoms with E-state index in [1.807, 2.05) is 6.07 Å². The molecular weight excluding hydrogens is 392 g/mol. The van der Waals surface area contributed by atoms with Gasteiger partial charge in [0, 0.05) is 18.2 Å². The van der Waals surface area contributed by atoms with E-state index < -0.39 is 23.5 Å². The topological polar surface area (TPSA) is 87.5 Å². The molecule has 0 unspecified atom stereocenters. The molecule has 0 N–H and O–H groups in total. The molecule has 0 bridgehead atoms. The fourth-order valence-corrected chi connectivity index (χ4v) is 3.94. The van der Waals surface area contributed by atoms with Crippen LogP contribution in [0.3, 0.4) is 0 Å². The maximum absolute atomic E-state index is 12.8. The summed E-state index contributed by atoms with van der Waals surface area (Å²) >= 11 is 0. The van der Waals surface area contributed by atoms with Crippen molar-refractivity contribution < 1.29 is 19.1 Å². The highest BCUT2D eigenvalue weighted by Crippen LogP contribution is 2.33. The van der Waals surface area contributed by atoms with E-state index in [9.17, 15) is 19.6 Å². The minimum Gasteiger partial charge on any atom is -0.449 e. The molecule has 6 nitrogen and oxygen atoms in total. The molecule has 2 aromatic carbocycles. The van der Waals surface area contributed by atoms with Crippen LogP contribution < -0.4 is 0 Å². The molecule has 3 rings (SSSR count). The van der Waals surface area contributed by atoms with Crippen molar-refractivity contribution in [3.05, 3.63) is 71.3 Å². The average Bonchev–Trinajstić information content (AvgIpc) is 2.83. The van der Waals surface area contributed by atoms with Gasteiger partial charge >= 0.3 is 5.97 Å². The monoisotopic (exact) mass is 418 g/mol. The van der Waals surface area contributed by atoms with Crippen molar-refractivity contribution in [3.63, 3.8) is 0 Å². The van der Waals surface area contributed by atoms with Crippen molar-refractivity contribution in [1.29, 1.82) is 5.26 Å². The van der Waals surface area contributed by atoms with E-state index in [0.717, 1.165) is 19.3 Å². The Morgan fingerprint density at radius 3 is 2.06 bits per heavy atom. The number of amides is 1. The summed E-state index contributed by atoms with van der Waals surface area (Å²) in [6, 6.07) is 17.3. The number of hydrogen-bond acceptors (Lipinski definition) is 5. The molecule has 1 aliphatic rings. The van der Waals surface area contributed by atoms with E-state index in [0.29, 0.717) is 24.0 Å². The van der Waals surface area contributed by atoms with Gasteiger partial charge in [0.25, 0.3) is 5.91 Å². The van der Waals surface area contributed by atoms with Crippen LogP contribution in [0.5, 0.6) is 0 Å². The molecule has 1 fully saturated rings. The van der Waals surface area contributed by atoms with Gasteiger partial charge in [-0.2, -0.15) is 5.26 Å². The van der Waals surface area contributed by atoms with Gasteiger partial charge in [0.05, 0.1) is 11.6 Å². The standard InChI is InChI=1S/C25H26N2O4/c1-18(23(29)27(2)25(17-26)15-7-4-8-16-25)31-24(30)21-13-11-20(12-14-21)22(28)19-9-5-3-6-10-19/h3,5-6,9-14,18H,4,7-8,15-16H2,1-2H3/t18-/m1/s1. The number of esters is 1. The number of carbonyl (C=O) groups excluding carboxylic acids is 3. The molecule has 6 heteroatoms. The summed E-state index contributed by atoms with van der Waals surface area (Å²) in [4.78, 5) is 39.3. The molecule has 0 heterocycles. The Labute approximate surface area is 182 Å². The van der Waals surface area contributed by atoms with Crippen LogP contribution in [0.15, 0.2) is 54.6 Å². The second-order valence-corrected chi connectivity index (χ2v) is 7.92. The summed E-state index contributed by atoms with van der Waals surface area (Å²) in [5.74, 6) is -1.18. The van der Waals surface area contributed by atoms with Crippen LogP contribution in [-0.2, 0) is 9.53 Å². The molecule has 0 spiro atoms. The fraction of sp³-hybridized carbons (Fsp3) is 0.360. The molecule has 1 atom stereocenters. The third kappa shape index (κ3) is 4.83. The smallest absolute Gasteiger partial charge is 0.338 e. The van der Waals surface area contributed by atoms with Gasteiger partial charge in [-0.3, -0.25) is 9.59 Å². The van der Waals surface area contributed by atoms with Crippen LogP contribution in [0.4, 0.5) is 0 Å². The van der Waals surface area contributed by atoms with Crippen molar-refractivity contribution in [2.24, 2.45) is 0 Å². The Morgan fingerprint density at radius 1 is 0.935 bits per heavy atom. The largest absolute Gasteiger partial charge is 0.449 e. The first-order valence-electron chi connectivity index (χ1n) is 10.5. The van der Waals surface area contributed by atoms with Crippen LogP contribution >= 0.6 is 0 Å². The lowest BCUT2D eigenvalue weighted by molar-refractivity contribution is -0.143. The molecule has 1 aliphatic carbocycles. The van der Waals surface area contributed by atoms with Gasteiger partial charge in [-0.05, 0) is 31.9 Å². The quantitative estimate of drug-likeness (QED) is 0.519. The maximum atomic E-state index is 12.8. The second-order valence-electron chi connectivity index (χ2n) is 7.92. The van der Waals surface area contributed by atoms with Gasteiger partial charge in [0.15, 0.2) is 11.9 Å². The normalized spacial score (nSPS) is 15.9. The highest BCUT2D eigenvalue weighted by molar-refractivity contribution is 6.09. The van der Waals surface area contributed by atoms with Crippen molar-refractivity contribution in [3.8, 4) is 6.07 Å². The van der Waals surface area contributed by atoms with Crippen molar-refractivity contribution in [1.82, 2.24) is 4.90 Å². The summed E-state index contributed by atoms with van der Waals surface area (Å²) in [5, 5.41) is 9.68. The number of benzene rings is 2. The van der Waals surface area contributed by atoms with Crippen molar-refractivity contribution >= 4 is 17.7 Å². The SMILES string of the molecule is C[C@@H](OC(=O)c1ccc(C(=O)c2ccccc2)cc1)C(=O)N(C)C1(C#N)CCCCC1. The van der Waals surface area contributed by atoms with Crippen LogP contribution in [-0.4, -0.2) is 41.3 Å². The van der Waals surface area contributed by atoms with Crippen LogP contribution in [0.1, 0.15) is 65.3 Å². The fourth-order valence-electron chi connectivity index (χ4n) is 3.94. The predicted octanol–water partition coefficient (Wildman–Crippen LogP) is 4.15. The zero-order valence-electron chi connectivity index (χ0n) is 17.8. The first-order valence-corrected chi connectivity index (χ1v) is 10.5. The van der Waals surface area contributed by atoms with E-state index in [2.05, 4.69) is 6.07 Å². The molecule has 1 saturated carbocycles. The zero-order chi connectivity index (χ0) is 22.4. The molecule has 160 valence electrons. The Balaban J connectivity index is 1.64. The third-order valence-corrected chi connectivity index (χ3v) is 5.91. The van der Waals surface area contributed by atoms with Gasteiger partial charge in [-0.1, -0.05) is 61.7 Å². The van der Waals surface area contributed by atoms with Gasteiger partial charge in [-0.25, -0.2) is 4.79 Å². The van der Waals surface area contributed by atoms with E-state index in [-0.39, 0.29) is 11.3 Å². The highest BCUT2D eigenvalue weighted by Gasteiger charge is 2.40. The predicted molar refractivity (Wildman–Crippen MR) is 115 cm³/mol. The number of rotatable bonds is 6. The van der Waals surface area contributed by atoms with Gasteiger partial charge < -0.3 is 9.64 Å². The third-order valence-electron chi connectivity index (χ3n) is 5.91. The van der Waals surface area contributed by atoms with Gasteiger partial charge in [0.1, 0.15) is 5.54 Å². The Bertz CT molecular complexity index is 986. The van der Waals surface area contributed by atoms with Gasteiger partial charge in [-0.15, -0.1) is 0 Å². The number of ether oxygens (including phenoxy) is 1. The molecule has 0 saturated heterocycles. The summed E-state index contributed by atoms with van der Waals surface area (Å²) < 4.78 is 5.36. The summed E-state index contributed by atoms with van der Waals surface area (Å²) in [6.45, 7) is 1.51. The van der Waals surface area contributed by atoms with Crippen LogP contribution in [0, 0.1) is 11.3 Å². The van der Waals surface area contributed by atoms with E-state index in [1.54, 1.807) is 43.4 Å². The van der Waals surface area contributed by atoms with Crippen molar-refractivity contribution in [2.45, 2.75) is 50.7 Å². The molecule has 2 aromatic rings. The lowest BCUT2D eigenvalue weighted by Gasteiger charge is -2.39. The minimum absolute atomic E-state index is 0.139. The highest BCUT2D eigenvalue weighted by atomic mass is 16.5. The lowest BCUT2D eigenvalue weighted by Crippen LogP contribution is -2.53. The molecule has 31 heavy (non-hydrogen) atoms. The van der Waals surface area contributed by atoms with E-state index >= 15 is 0 Å². The molecule has 0 radical (unpaired) electrons. The first kappa shape index (κ1) is 22.2. The Morgan fingerprint density at radius 2 is 1.48 bits per heavy atom. The molecule has 0 aliphatic heterocycles. The zero-order valence-corrected chi connectivity index (χ0v) is 17.8. The average molecular weight is 418 g/mol. The Kier molecular flexibility index (Phi) is 6.86. The summed E-state index contributed by atoms with van der Waals surface area (Å²) in [7, 11) is 1.60. The maximum Gasteiger partial charge on any atom is 0.338 e. The minimum atomic E-state index is -1.02. The number of nitriles is 1. The number of hydrogen-bond donors (Lipinski definition) is 0.